The van der Waals surface area contributed by atoms with Gasteiger partial charge in [-0.1, -0.05) is 19.8 Å². The van der Waals surface area contributed by atoms with E-state index in [1.54, 1.807) is 0 Å². The van der Waals surface area contributed by atoms with Crippen LogP contribution in [0, 0.1) is 5.41 Å². The molecule has 4 heteroatoms. The summed E-state index contributed by atoms with van der Waals surface area (Å²) in [5.41, 5.74) is 3.33. The van der Waals surface area contributed by atoms with E-state index in [0.29, 0.717) is 0 Å². The van der Waals surface area contributed by atoms with E-state index in [0.717, 1.165) is 31.5 Å². The molecule has 1 aromatic rings. The first-order valence-corrected chi connectivity index (χ1v) is 7.36. The molecule has 110 valence electrons. The highest BCUT2D eigenvalue weighted by atomic mass is 35.5. The van der Waals surface area contributed by atoms with Gasteiger partial charge in [0, 0.05) is 23.3 Å². The summed E-state index contributed by atoms with van der Waals surface area (Å²) in [5, 5.41) is 6.50. The third kappa shape index (κ3) is 2.93. The molecule has 20 heavy (non-hydrogen) atoms. The number of aryl methyl sites for hydroxylation is 1. The normalized spacial score (nSPS) is 19.4. The van der Waals surface area contributed by atoms with Crippen molar-refractivity contribution in [3.8, 4) is 0 Å². The SMILES string of the molecule is CC1(C(=O)Nc2ccc3c(c2)CCCN3)CCCC1.Cl. The standard InChI is InChI=1S/C16H22N2O.ClH/c1-16(8-2-3-9-16)15(19)18-13-6-7-14-12(11-13)5-4-10-17-14;/h6-7,11,17H,2-5,8-10H2,1H3,(H,18,19);1H. The lowest BCUT2D eigenvalue weighted by atomic mass is 9.87. The molecule has 0 unspecified atom stereocenters. The van der Waals surface area contributed by atoms with Gasteiger partial charge in [0.05, 0.1) is 0 Å². The van der Waals surface area contributed by atoms with Crippen LogP contribution >= 0.6 is 12.4 Å². The Kier molecular flexibility index (Phi) is 4.59. The fourth-order valence-corrected chi connectivity index (χ4v) is 3.22. The Bertz CT molecular complexity index is 495. The Hall–Kier alpha value is -1.22. The van der Waals surface area contributed by atoms with E-state index in [1.807, 2.05) is 6.07 Å². The molecule has 0 radical (unpaired) electrons. The first-order valence-electron chi connectivity index (χ1n) is 7.36. The molecule has 0 aromatic heterocycles. The number of hydrogen-bond acceptors (Lipinski definition) is 2. The van der Waals surface area contributed by atoms with Crippen LogP contribution in [0.2, 0.25) is 0 Å². The van der Waals surface area contributed by atoms with Crippen LogP contribution in [0.3, 0.4) is 0 Å². The number of carbonyl (C=O) groups is 1. The summed E-state index contributed by atoms with van der Waals surface area (Å²) < 4.78 is 0. The van der Waals surface area contributed by atoms with Crippen LogP contribution < -0.4 is 10.6 Å². The molecule has 1 amide bonds. The van der Waals surface area contributed by atoms with Crippen LogP contribution in [0.1, 0.15) is 44.6 Å². The highest BCUT2D eigenvalue weighted by molar-refractivity contribution is 5.95. The number of hydrogen-bond donors (Lipinski definition) is 2. The van der Waals surface area contributed by atoms with Crippen LogP contribution in [0.15, 0.2) is 18.2 Å². The smallest absolute Gasteiger partial charge is 0.230 e. The molecule has 3 rings (SSSR count). The summed E-state index contributed by atoms with van der Waals surface area (Å²) in [6.45, 7) is 3.14. The molecular formula is C16H23ClN2O. The van der Waals surface area contributed by atoms with E-state index in [9.17, 15) is 4.79 Å². The summed E-state index contributed by atoms with van der Waals surface area (Å²) in [4.78, 5) is 12.4. The minimum Gasteiger partial charge on any atom is -0.385 e. The van der Waals surface area contributed by atoms with Gasteiger partial charge in [-0.2, -0.15) is 0 Å². The fourth-order valence-electron chi connectivity index (χ4n) is 3.22. The number of amides is 1. The molecule has 1 saturated carbocycles. The first-order chi connectivity index (χ1) is 9.17. The number of halogens is 1. The molecule has 2 aliphatic rings. The lowest BCUT2D eigenvalue weighted by molar-refractivity contribution is -0.124. The van der Waals surface area contributed by atoms with Crippen molar-refractivity contribution in [2.24, 2.45) is 5.41 Å². The lowest BCUT2D eigenvalue weighted by Gasteiger charge is -2.23. The van der Waals surface area contributed by atoms with Gasteiger partial charge >= 0.3 is 0 Å². The molecule has 0 spiro atoms. The van der Waals surface area contributed by atoms with E-state index in [4.69, 9.17) is 0 Å². The van der Waals surface area contributed by atoms with Gasteiger partial charge in [0.25, 0.3) is 0 Å². The molecule has 2 N–H and O–H groups in total. The Balaban J connectivity index is 0.00000147. The van der Waals surface area contributed by atoms with Gasteiger partial charge in [-0.25, -0.2) is 0 Å². The van der Waals surface area contributed by atoms with E-state index in [-0.39, 0.29) is 23.7 Å². The second-order valence-electron chi connectivity index (χ2n) is 6.12. The summed E-state index contributed by atoms with van der Waals surface area (Å²) in [6, 6.07) is 6.21. The average Bonchev–Trinajstić information content (AvgIpc) is 2.87. The predicted octanol–water partition coefficient (Wildman–Crippen LogP) is 3.99. The third-order valence-corrected chi connectivity index (χ3v) is 4.56. The zero-order valence-corrected chi connectivity index (χ0v) is 12.8. The number of fused-ring (bicyclic) bond motifs is 1. The predicted molar refractivity (Wildman–Crippen MR) is 85.7 cm³/mol. The van der Waals surface area contributed by atoms with Crippen molar-refractivity contribution in [2.45, 2.75) is 45.4 Å². The molecular weight excluding hydrogens is 272 g/mol. The molecule has 1 aromatic carbocycles. The molecule has 0 atom stereocenters. The minimum absolute atomic E-state index is 0. The second kappa shape index (κ2) is 6.04. The van der Waals surface area contributed by atoms with E-state index in [2.05, 4.69) is 29.7 Å². The van der Waals surface area contributed by atoms with Crippen LogP contribution in [0.25, 0.3) is 0 Å². The van der Waals surface area contributed by atoms with Crippen molar-refractivity contribution in [1.29, 1.82) is 0 Å². The van der Waals surface area contributed by atoms with Crippen molar-refractivity contribution >= 4 is 29.7 Å². The van der Waals surface area contributed by atoms with Crippen molar-refractivity contribution in [3.05, 3.63) is 23.8 Å². The van der Waals surface area contributed by atoms with Gasteiger partial charge in [-0.3, -0.25) is 4.79 Å². The van der Waals surface area contributed by atoms with Crippen LogP contribution in [0.5, 0.6) is 0 Å². The summed E-state index contributed by atoms with van der Waals surface area (Å²) in [5.74, 6) is 0.189. The van der Waals surface area contributed by atoms with Crippen molar-refractivity contribution in [2.75, 3.05) is 17.2 Å². The lowest BCUT2D eigenvalue weighted by Crippen LogP contribution is -2.30. The zero-order chi connectivity index (χ0) is 13.3. The summed E-state index contributed by atoms with van der Waals surface area (Å²) >= 11 is 0. The largest absolute Gasteiger partial charge is 0.385 e. The number of benzene rings is 1. The van der Waals surface area contributed by atoms with Crippen molar-refractivity contribution < 1.29 is 4.79 Å². The maximum atomic E-state index is 12.4. The zero-order valence-electron chi connectivity index (χ0n) is 12.0. The van der Waals surface area contributed by atoms with Crippen molar-refractivity contribution in [1.82, 2.24) is 0 Å². The van der Waals surface area contributed by atoms with Gasteiger partial charge in [-0.05, 0) is 49.4 Å². The minimum atomic E-state index is -0.159. The topological polar surface area (TPSA) is 41.1 Å². The third-order valence-electron chi connectivity index (χ3n) is 4.56. The van der Waals surface area contributed by atoms with E-state index >= 15 is 0 Å². The fraction of sp³-hybridized carbons (Fsp3) is 0.562. The Morgan fingerprint density at radius 1 is 1.25 bits per heavy atom. The molecule has 1 aliphatic carbocycles. The second-order valence-corrected chi connectivity index (χ2v) is 6.12. The monoisotopic (exact) mass is 294 g/mol. The van der Waals surface area contributed by atoms with Crippen LogP contribution in [-0.2, 0) is 11.2 Å². The highest BCUT2D eigenvalue weighted by Gasteiger charge is 2.36. The molecule has 0 bridgehead atoms. The molecule has 1 aliphatic heterocycles. The van der Waals surface area contributed by atoms with Gasteiger partial charge in [0.15, 0.2) is 0 Å². The number of nitrogens with one attached hydrogen (secondary N) is 2. The van der Waals surface area contributed by atoms with Crippen LogP contribution in [0.4, 0.5) is 11.4 Å². The van der Waals surface area contributed by atoms with Gasteiger partial charge in [-0.15, -0.1) is 12.4 Å². The highest BCUT2D eigenvalue weighted by Crippen LogP contribution is 2.38. The van der Waals surface area contributed by atoms with Gasteiger partial charge in [0.2, 0.25) is 5.91 Å². The maximum absolute atomic E-state index is 12.4. The number of rotatable bonds is 2. The Morgan fingerprint density at radius 3 is 2.75 bits per heavy atom. The van der Waals surface area contributed by atoms with Crippen molar-refractivity contribution in [3.63, 3.8) is 0 Å². The van der Waals surface area contributed by atoms with E-state index in [1.165, 1.54) is 30.5 Å². The van der Waals surface area contributed by atoms with Gasteiger partial charge in [0.1, 0.15) is 0 Å². The molecule has 1 fully saturated rings. The maximum Gasteiger partial charge on any atom is 0.230 e. The molecule has 3 nitrogen and oxygen atoms in total. The Labute approximate surface area is 126 Å². The average molecular weight is 295 g/mol. The van der Waals surface area contributed by atoms with Gasteiger partial charge < -0.3 is 10.6 Å². The first kappa shape index (κ1) is 15.2. The van der Waals surface area contributed by atoms with Crippen LogP contribution in [-0.4, -0.2) is 12.5 Å². The number of anilines is 2. The Morgan fingerprint density at radius 2 is 2.00 bits per heavy atom. The quantitative estimate of drug-likeness (QED) is 0.866. The number of carbonyl (C=O) groups excluding carboxylic acids is 1. The van der Waals surface area contributed by atoms with E-state index < -0.39 is 0 Å². The summed E-state index contributed by atoms with van der Waals surface area (Å²) in [7, 11) is 0. The summed E-state index contributed by atoms with van der Waals surface area (Å²) in [6.07, 6.45) is 6.66. The molecule has 1 heterocycles. The molecule has 0 saturated heterocycles.